The summed E-state index contributed by atoms with van der Waals surface area (Å²) in [7, 11) is -3.48. The van der Waals surface area contributed by atoms with E-state index in [0.717, 1.165) is 5.41 Å². The molecular formula is C14H16Cl3N3O4S. The largest absolute Gasteiger partial charge is 0.466 e. The van der Waals surface area contributed by atoms with Gasteiger partial charge in [-0.3, -0.25) is 4.79 Å². The van der Waals surface area contributed by atoms with Crippen LogP contribution in [-0.4, -0.2) is 49.9 Å². The lowest BCUT2D eigenvalue weighted by atomic mass is 10.1. The van der Waals surface area contributed by atoms with Crippen LogP contribution in [-0.2, 0) is 14.8 Å². The van der Waals surface area contributed by atoms with Gasteiger partial charge in [0.25, 0.3) is 5.91 Å². The van der Waals surface area contributed by atoms with Gasteiger partial charge in [-0.25, -0.2) is 13.1 Å². The minimum Gasteiger partial charge on any atom is -0.466 e. The van der Waals surface area contributed by atoms with Crippen LogP contribution in [0.15, 0.2) is 18.1 Å². The third-order valence-electron chi connectivity index (χ3n) is 3.58. The van der Waals surface area contributed by atoms with Crippen molar-refractivity contribution in [1.29, 1.82) is 0 Å². The molecule has 11 heteroatoms. The number of rotatable bonds is 6. The maximum atomic E-state index is 12.2. The molecule has 0 spiro atoms. The van der Waals surface area contributed by atoms with E-state index >= 15 is 0 Å². The number of ether oxygens (including phenoxy) is 1. The van der Waals surface area contributed by atoms with Crippen molar-refractivity contribution >= 4 is 50.7 Å². The number of carbonyl (C=O) groups excluding carboxylic acids is 1. The maximum Gasteiger partial charge on any atom is 0.260 e. The standard InChI is InChI=1S/C14H16Cl3N3O4S/c1-2-25(22,23)19-9-3-5-20(6-4-9)12(21)8-24-14-11(16)7-10(15)13(17)18-14/h2,7,9,19H,1,3-6,8H2. The van der Waals surface area contributed by atoms with Crippen LogP contribution in [0.1, 0.15) is 12.8 Å². The van der Waals surface area contributed by atoms with Crippen molar-refractivity contribution in [2.75, 3.05) is 19.7 Å². The van der Waals surface area contributed by atoms with Crippen molar-refractivity contribution < 1.29 is 17.9 Å². The lowest BCUT2D eigenvalue weighted by Crippen LogP contribution is -2.47. The first-order chi connectivity index (χ1) is 11.7. The van der Waals surface area contributed by atoms with Gasteiger partial charge in [-0.1, -0.05) is 41.4 Å². The van der Waals surface area contributed by atoms with Crippen LogP contribution in [0.3, 0.4) is 0 Å². The molecule has 7 nitrogen and oxygen atoms in total. The average molecular weight is 429 g/mol. The summed E-state index contributed by atoms with van der Waals surface area (Å²) in [4.78, 5) is 17.7. The van der Waals surface area contributed by atoms with Crippen LogP contribution in [0.5, 0.6) is 5.88 Å². The molecule has 138 valence electrons. The monoisotopic (exact) mass is 427 g/mol. The zero-order chi connectivity index (χ0) is 18.6. The molecular weight excluding hydrogens is 413 g/mol. The van der Waals surface area contributed by atoms with Gasteiger partial charge in [-0.15, -0.1) is 0 Å². The summed E-state index contributed by atoms with van der Waals surface area (Å²) in [5, 5.41) is 1.24. The predicted molar refractivity (Wildman–Crippen MR) is 96.6 cm³/mol. The van der Waals surface area contributed by atoms with E-state index in [1.807, 2.05) is 0 Å². The molecule has 25 heavy (non-hydrogen) atoms. The number of carbonyl (C=O) groups is 1. The SMILES string of the molecule is C=CS(=O)(=O)NC1CCN(C(=O)COc2nc(Cl)c(Cl)cc2Cl)CC1. The molecule has 0 saturated carbocycles. The van der Waals surface area contributed by atoms with Gasteiger partial charge in [-0.2, -0.15) is 4.98 Å². The van der Waals surface area contributed by atoms with E-state index in [9.17, 15) is 13.2 Å². The van der Waals surface area contributed by atoms with Crippen LogP contribution < -0.4 is 9.46 Å². The van der Waals surface area contributed by atoms with Crippen LogP contribution in [0.2, 0.25) is 15.2 Å². The van der Waals surface area contributed by atoms with Crippen molar-refractivity contribution in [3.63, 3.8) is 0 Å². The molecule has 1 saturated heterocycles. The zero-order valence-electron chi connectivity index (χ0n) is 13.0. The molecule has 1 aliphatic rings. The Hall–Kier alpha value is -1.06. The van der Waals surface area contributed by atoms with Gasteiger partial charge >= 0.3 is 0 Å². The van der Waals surface area contributed by atoms with Gasteiger partial charge in [-0.05, 0) is 18.9 Å². The minimum atomic E-state index is -3.48. The molecule has 2 heterocycles. The van der Waals surface area contributed by atoms with Crippen LogP contribution in [0, 0.1) is 0 Å². The van der Waals surface area contributed by atoms with Crippen LogP contribution in [0.4, 0.5) is 0 Å². The predicted octanol–water partition coefficient (Wildman–Crippen LogP) is 2.47. The third-order valence-corrected chi connectivity index (χ3v) is 5.63. The molecule has 1 N–H and O–H groups in total. The van der Waals surface area contributed by atoms with Gasteiger partial charge in [0.2, 0.25) is 15.9 Å². The van der Waals surface area contributed by atoms with E-state index in [-0.39, 0.29) is 39.6 Å². The fourth-order valence-corrected chi connectivity index (χ4v) is 3.62. The topological polar surface area (TPSA) is 88.6 Å². The van der Waals surface area contributed by atoms with Crippen molar-refractivity contribution in [3.05, 3.63) is 33.3 Å². The lowest BCUT2D eigenvalue weighted by molar-refractivity contribution is -0.134. The highest BCUT2D eigenvalue weighted by Gasteiger charge is 2.25. The molecule has 0 unspecified atom stereocenters. The van der Waals surface area contributed by atoms with E-state index in [4.69, 9.17) is 39.5 Å². The molecule has 0 aromatic carbocycles. The van der Waals surface area contributed by atoms with Gasteiger partial charge < -0.3 is 9.64 Å². The second-order valence-corrected chi connectivity index (χ2v) is 8.15. The van der Waals surface area contributed by atoms with Gasteiger partial charge in [0, 0.05) is 24.5 Å². The van der Waals surface area contributed by atoms with E-state index in [1.54, 1.807) is 4.90 Å². The first-order valence-electron chi connectivity index (χ1n) is 7.28. The maximum absolute atomic E-state index is 12.2. The fraction of sp³-hybridized carbons (Fsp3) is 0.429. The smallest absolute Gasteiger partial charge is 0.260 e. The molecule has 1 aromatic heterocycles. The molecule has 0 aliphatic carbocycles. The number of amides is 1. The minimum absolute atomic E-state index is 0.0260. The fourth-order valence-electron chi connectivity index (χ4n) is 2.28. The Labute approximate surface area is 160 Å². The number of hydrogen-bond donors (Lipinski definition) is 1. The number of aromatic nitrogens is 1. The summed E-state index contributed by atoms with van der Waals surface area (Å²) in [6.45, 7) is 3.81. The van der Waals surface area contributed by atoms with Gasteiger partial charge in [0.05, 0.1) is 5.02 Å². The van der Waals surface area contributed by atoms with Gasteiger partial charge in [0.1, 0.15) is 5.02 Å². The van der Waals surface area contributed by atoms with Crippen molar-refractivity contribution in [2.24, 2.45) is 0 Å². The number of pyridine rings is 1. The summed E-state index contributed by atoms with van der Waals surface area (Å²) >= 11 is 17.5. The van der Waals surface area contributed by atoms with E-state index in [0.29, 0.717) is 25.9 Å². The number of halogens is 3. The lowest BCUT2D eigenvalue weighted by Gasteiger charge is -2.31. The summed E-state index contributed by atoms with van der Waals surface area (Å²) in [6.07, 6.45) is 1.01. The number of sulfonamides is 1. The second kappa shape index (κ2) is 8.55. The number of piperidine rings is 1. The molecule has 2 rings (SSSR count). The number of likely N-dealkylation sites (tertiary alicyclic amines) is 1. The van der Waals surface area contributed by atoms with E-state index < -0.39 is 10.0 Å². The Kier molecular flexibility index (Phi) is 6.93. The number of hydrogen-bond acceptors (Lipinski definition) is 5. The molecule has 1 fully saturated rings. The Morgan fingerprint density at radius 1 is 1.36 bits per heavy atom. The normalized spacial score (nSPS) is 15.9. The van der Waals surface area contributed by atoms with Gasteiger partial charge in [0.15, 0.2) is 11.8 Å². The van der Waals surface area contributed by atoms with E-state index in [2.05, 4.69) is 16.3 Å². The van der Waals surface area contributed by atoms with Crippen molar-refractivity contribution in [1.82, 2.24) is 14.6 Å². The van der Waals surface area contributed by atoms with Crippen LogP contribution in [0.25, 0.3) is 0 Å². The molecule has 1 aromatic rings. The third kappa shape index (κ3) is 5.72. The zero-order valence-corrected chi connectivity index (χ0v) is 16.1. The Bertz CT molecular complexity index is 765. The summed E-state index contributed by atoms with van der Waals surface area (Å²) < 4.78 is 30.7. The number of nitrogens with one attached hydrogen (secondary N) is 1. The van der Waals surface area contributed by atoms with Crippen molar-refractivity contribution in [3.8, 4) is 5.88 Å². The summed E-state index contributed by atoms with van der Waals surface area (Å²) in [5.74, 6) is -0.230. The molecule has 0 bridgehead atoms. The summed E-state index contributed by atoms with van der Waals surface area (Å²) in [5.41, 5.74) is 0. The van der Waals surface area contributed by atoms with E-state index in [1.165, 1.54) is 6.07 Å². The highest BCUT2D eigenvalue weighted by atomic mass is 35.5. The number of nitrogens with zero attached hydrogens (tertiary/aromatic N) is 2. The second-order valence-electron chi connectivity index (χ2n) is 5.32. The molecule has 1 amide bonds. The highest BCUT2D eigenvalue weighted by molar-refractivity contribution is 7.92. The molecule has 0 atom stereocenters. The van der Waals surface area contributed by atoms with Crippen LogP contribution >= 0.6 is 34.8 Å². The average Bonchev–Trinajstić information content (AvgIpc) is 2.57. The Balaban J connectivity index is 1.85. The first kappa shape index (κ1) is 20.3. The van der Waals surface area contributed by atoms with Crippen molar-refractivity contribution in [2.45, 2.75) is 18.9 Å². The Morgan fingerprint density at radius 2 is 2.00 bits per heavy atom. The molecule has 0 radical (unpaired) electrons. The quantitative estimate of drug-likeness (QED) is 0.703. The molecule has 1 aliphatic heterocycles. The Morgan fingerprint density at radius 3 is 2.60 bits per heavy atom. The highest BCUT2D eigenvalue weighted by Crippen LogP contribution is 2.30. The first-order valence-corrected chi connectivity index (χ1v) is 9.96. The summed E-state index contributed by atoms with van der Waals surface area (Å²) in [6, 6.07) is 1.16.